The zero-order valence-electron chi connectivity index (χ0n) is 102. The van der Waals surface area contributed by atoms with Gasteiger partial charge in [0.15, 0.2) is 28.5 Å². The van der Waals surface area contributed by atoms with Gasteiger partial charge < -0.3 is 0 Å². The van der Waals surface area contributed by atoms with Crippen molar-refractivity contribution < 1.29 is 29.7 Å². The van der Waals surface area contributed by atoms with Crippen LogP contribution in [0.3, 0.4) is 0 Å². The molecule has 1 saturated heterocycles. The molecule has 15 aromatic rings. The van der Waals surface area contributed by atoms with E-state index in [2.05, 4.69) is 428 Å². The number of aromatic nitrogens is 5. The predicted octanol–water partition coefficient (Wildman–Crippen LogP) is 35.4. The highest BCUT2D eigenvalue weighted by atomic mass is 28.3. The first-order valence-electron chi connectivity index (χ1n) is 57.2. The molecule has 1 aliphatic heterocycles. The summed E-state index contributed by atoms with van der Waals surface area (Å²) in [6, 6.07) is 52.4. The van der Waals surface area contributed by atoms with Crippen molar-refractivity contribution in [3.05, 3.63) is 319 Å². The predicted molar refractivity (Wildman–Crippen MR) is 627 cm³/mol. The van der Waals surface area contributed by atoms with Crippen molar-refractivity contribution in [1.82, 2.24) is 0 Å². The summed E-state index contributed by atoms with van der Waals surface area (Å²) in [7, 11) is 9.58. The second-order valence-corrected chi connectivity index (χ2v) is 54.6. The molecule has 0 unspecified atom stereocenters. The summed E-state index contributed by atoms with van der Waals surface area (Å²) in [5.74, 6) is 3.73. The fourth-order valence-corrected chi connectivity index (χ4v) is 27.5. The molecule has 6 heterocycles. The Morgan fingerprint density at radius 1 is 0.319 bits per heavy atom. The van der Waals surface area contributed by atoms with Crippen LogP contribution in [-0.4, -0.2) is 8.07 Å². The number of hydrogen-bond acceptors (Lipinski definition) is 0. The molecule has 2 aliphatic carbocycles. The Bertz CT molecular complexity index is 7590. The molecule has 144 heavy (non-hydrogen) atoms. The first-order chi connectivity index (χ1) is 69.6. The summed E-state index contributed by atoms with van der Waals surface area (Å²) in [5, 5.41) is 11.5. The molecule has 3 aliphatic rings. The minimum Gasteiger partial charge on any atom is -0.198 e. The molecule has 10 aromatic carbocycles. The van der Waals surface area contributed by atoms with Crippen molar-refractivity contribution in [1.29, 1.82) is 0 Å². The van der Waals surface area contributed by atoms with E-state index in [-0.39, 0.29) is 5.41 Å². The number of hydrogen-bond donors (Lipinski definition) is 0. The highest BCUT2D eigenvalue weighted by Crippen LogP contribution is 2.48. The van der Waals surface area contributed by atoms with Crippen LogP contribution < -0.4 is 22.8 Å². The van der Waals surface area contributed by atoms with E-state index in [9.17, 15) is 0 Å². The molecular formula is C138H182N5Si+5. The zero-order chi connectivity index (χ0) is 110. The van der Waals surface area contributed by atoms with Crippen LogP contribution in [0.15, 0.2) is 152 Å². The Kier molecular flexibility index (Phi) is 30.8. The monoisotopic (exact) mass is 1940 g/mol. The third-order valence-corrected chi connectivity index (χ3v) is 37.9. The third kappa shape index (κ3) is 23.4. The number of fused-ring (bicyclic) bond motifs is 5. The fraction of sp³-hybridized carbons (Fsp3) is 0.457. The van der Waals surface area contributed by atoms with Gasteiger partial charge in [0.2, 0.25) is 28.5 Å². The van der Waals surface area contributed by atoms with E-state index in [1.54, 1.807) is 0 Å². The Labute approximate surface area is 880 Å². The summed E-state index contributed by atoms with van der Waals surface area (Å²) in [6.07, 6.45) is 15.4. The molecule has 0 amide bonds. The van der Waals surface area contributed by atoms with Crippen LogP contribution in [-0.2, 0) is 48.1 Å². The van der Waals surface area contributed by atoms with Crippen LogP contribution >= 0.6 is 0 Å². The van der Waals surface area contributed by atoms with Crippen LogP contribution in [0.5, 0.6) is 0 Å². The number of aryl methyl sites for hydroxylation is 15. The Morgan fingerprint density at radius 2 is 0.583 bits per heavy atom. The molecule has 3 fully saturated rings. The molecule has 2 saturated carbocycles. The van der Waals surface area contributed by atoms with Gasteiger partial charge in [-0.05, 0) is 435 Å². The maximum absolute atomic E-state index is 8.96. The lowest BCUT2D eigenvalue weighted by molar-refractivity contribution is -0.665. The smallest absolute Gasteiger partial charge is 0.198 e. The van der Waals surface area contributed by atoms with Gasteiger partial charge in [-0.1, -0.05) is 202 Å². The van der Waals surface area contributed by atoms with E-state index in [0.717, 1.165) is 67.7 Å². The van der Waals surface area contributed by atoms with Crippen molar-refractivity contribution in [2.24, 2.45) is 63.8 Å². The van der Waals surface area contributed by atoms with Crippen molar-refractivity contribution in [3.63, 3.8) is 0 Å². The highest BCUT2D eigenvalue weighted by Gasteiger charge is 2.36. The van der Waals surface area contributed by atoms with E-state index in [4.69, 9.17) is 6.85 Å². The number of pyridine rings is 5. The largest absolute Gasteiger partial charge is 0.220 e. The average molecular weight is 1940 g/mol. The maximum Gasteiger partial charge on any atom is 0.220 e. The van der Waals surface area contributed by atoms with Crippen LogP contribution in [0, 0.1) is 202 Å². The third-order valence-electron chi connectivity index (χ3n) is 34.6. The van der Waals surface area contributed by atoms with Gasteiger partial charge in [0.1, 0.15) is 35.2 Å². The van der Waals surface area contributed by atoms with E-state index < -0.39 is 8.07 Å². The molecule has 758 valence electrons. The standard InChI is InChI=1S/C29H38N.C28H38NSi.C28H38N.C27H34N.C26H34N/c1-18-13-19(2)22(5)26(14-18)28-27-15-20(3)25(17-24(27)16-21(4)30(28)8)23-9-11-29(6,7)12-10-23;1-18-13-19(2)22(5)26(14-18)28-27-15-20(3)25(17-24(27)16-21(4)29(28)6)23-9-11-30(7,8)12-10-23;1-16(2)27(17(3)4)24-15-23-14-21(8)29(10)28(26(23)13-20(24)7)25-12-18(5)11-19(6)22(25)9;1-17-11-18(2)21(5)25(12-17)27-26-13-19(3)23(15-22-9-7-8-10-22)16-24(26)14-20(4)28(27)6;1-16-10-17(2)20(5)23(11-16)25-24-12-18(3)22(15-26(6,7)8)14-21(24)13-19(4)27(25)9/h2*13-17,23H,9-12H2,1-8H3;11-17,27H,1-10H3;11-14,16,22H,7-10,15H2,1-6H3;10-14H,15H2,1-9H3/q5*+1/i2*16D;2*14D;13D. The van der Waals surface area contributed by atoms with E-state index in [1.807, 2.05) is 0 Å². The second kappa shape index (κ2) is 43.5. The van der Waals surface area contributed by atoms with Gasteiger partial charge in [-0.3, -0.25) is 0 Å². The van der Waals surface area contributed by atoms with Gasteiger partial charge in [0, 0.05) is 72.9 Å². The summed E-state index contributed by atoms with van der Waals surface area (Å²) >= 11 is 0. The Balaban J connectivity index is 0.000000147. The normalized spacial score (nSPS) is 15.1. The van der Waals surface area contributed by atoms with Crippen molar-refractivity contribution in [2.75, 3.05) is 0 Å². The number of benzene rings is 10. The van der Waals surface area contributed by atoms with Crippen molar-refractivity contribution in [2.45, 2.75) is 355 Å². The minimum atomic E-state index is -0.974. The molecule has 5 aromatic heterocycles. The minimum absolute atomic E-state index is 0.224. The van der Waals surface area contributed by atoms with Gasteiger partial charge >= 0.3 is 0 Å². The average Bonchev–Trinajstić information content (AvgIpc) is 1.23. The van der Waals surface area contributed by atoms with Gasteiger partial charge in [0.25, 0.3) is 0 Å². The summed E-state index contributed by atoms with van der Waals surface area (Å²) in [5.41, 5.74) is 52.0. The molecule has 0 spiro atoms. The first kappa shape index (κ1) is 102. The van der Waals surface area contributed by atoms with Crippen LogP contribution in [0.2, 0.25) is 25.2 Å². The van der Waals surface area contributed by atoms with Crippen LogP contribution in [0.25, 0.3) is 110 Å². The van der Waals surface area contributed by atoms with Gasteiger partial charge in [-0.15, -0.1) is 0 Å². The van der Waals surface area contributed by atoms with Crippen LogP contribution in [0.1, 0.15) is 319 Å². The maximum atomic E-state index is 8.96. The lowest BCUT2D eigenvalue weighted by atomic mass is 9.70. The topological polar surface area (TPSA) is 19.4 Å². The Hall–Kier alpha value is -10.5. The van der Waals surface area contributed by atoms with Gasteiger partial charge in [0.05, 0.1) is 61.6 Å². The molecule has 5 nitrogen and oxygen atoms in total. The van der Waals surface area contributed by atoms with E-state index in [0.29, 0.717) is 65.2 Å². The molecule has 0 atom stereocenters. The summed E-state index contributed by atoms with van der Waals surface area (Å²) in [6.45, 7) is 80.6. The van der Waals surface area contributed by atoms with E-state index in [1.165, 1.54) is 305 Å². The summed E-state index contributed by atoms with van der Waals surface area (Å²) < 4.78 is 55.6. The first-order valence-corrected chi connectivity index (χ1v) is 58.1. The number of rotatable bonds is 13. The second-order valence-electron chi connectivity index (χ2n) is 49.3. The molecule has 6 heteroatoms. The van der Waals surface area contributed by atoms with Crippen molar-refractivity contribution >= 4 is 61.9 Å². The Morgan fingerprint density at radius 3 is 0.882 bits per heavy atom. The van der Waals surface area contributed by atoms with E-state index >= 15 is 0 Å². The molecule has 0 bridgehead atoms. The van der Waals surface area contributed by atoms with Crippen molar-refractivity contribution in [3.8, 4) is 56.3 Å². The lowest BCUT2D eigenvalue weighted by Gasteiger charge is -2.35. The molecular weight excluding hydrogens is 1760 g/mol. The number of nitrogens with zero attached hydrogens (tertiary/aromatic N) is 5. The lowest BCUT2D eigenvalue weighted by Crippen LogP contribution is -2.35. The zero-order valence-corrected chi connectivity index (χ0v) is 98.1. The fourth-order valence-electron chi connectivity index (χ4n) is 25.0. The van der Waals surface area contributed by atoms with Gasteiger partial charge in [-0.2, -0.15) is 22.8 Å². The molecule has 0 N–H and O–H groups in total. The highest BCUT2D eigenvalue weighted by molar-refractivity contribution is 6.77. The quantitative estimate of drug-likeness (QED) is 0.0810. The van der Waals surface area contributed by atoms with Gasteiger partial charge in [-0.25, -0.2) is 0 Å². The van der Waals surface area contributed by atoms with Crippen LogP contribution in [0.4, 0.5) is 0 Å². The molecule has 18 rings (SSSR count). The molecule has 0 radical (unpaired) electrons. The SMILES string of the molecule is [2H]c1c(C)[n+](C)c(-c2cc(C)cc(C)c2C)c2cc(C)c(C(C(C)C)C(C)C)cc12.[2H]c1c(C)[n+](C)c(-c2cc(C)cc(C)c2C)c2cc(C)c(C3CCC(C)(C)CC3)cc12.[2H]c1c(C)[n+](C)c(-c2cc(C)cc(C)c2C)c2cc(C)c(C3CC[Si](C)(C)CC3)cc12.[2H]c1c(C)[n+](C)c(-c2cc(C)cc(C)c2C)c2cc(C)c(CC(C)(C)C)cc12.[2H]c1c(C)[n+](C)c(-c2cc(C)cc(C)c2C)c2cc(C)c(CC3CCCC3)cc12. The summed E-state index contributed by atoms with van der Waals surface area (Å²) in [4.78, 5) is 0.